The van der Waals surface area contributed by atoms with Crippen molar-refractivity contribution in [2.45, 2.75) is 29.1 Å². The summed E-state index contributed by atoms with van der Waals surface area (Å²) >= 11 is 10.6. The lowest BCUT2D eigenvalue weighted by Gasteiger charge is -2.23. The highest BCUT2D eigenvalue weighted by molar-refractivity contribution is 9.11. The summed E-state index contributed by atoms with van der Waals surface area (Å²) in [6, 6.07) is 15.4. The quantitative estimate of drug-likeness (QED) is 0.301. The van der Waals surface area contributed by atoms with Crippen LogP contribution in [0.2, 0.25) is 5.02 Å². The molecule has 198 valence electrons. The lowest BCUT2D eigenvalue weighted by Crippen LogP contribution is -2.54. The Morgan fingerprint density at radius 2 is 1.65 bits per heavy atom. The molecule has 2 amide bonds. The van der Waals surface area contributed by atoms with Crippen LogP contribution < -0.4 is 20.3 Å². The van der Waals surface area contributed by atoms with E-state index >= 15 is 0 Å². The second-order valence-electron chi connectivity index (χ2n) is 8.47. The van der Waals surface area contributed by atoms with Gasteiger partial charge in [0.15, 0.2) is 0 Å². The van der Waals surface area contributed by atoms with Gasteiger partial charge in [0, 0.05) is 38.3 Å². The van der Waals surface area contributed by atoms with Crippen molar-refractivity contribution < 1.29 is 18.0 Å². The van der Waals surface area contributed by atoms with Gasteiger partial charge in [-0.25, -0.2) is 8.42 Å². The molecule has 2 aromatic carbocycles. The largest absolute Gasteiger partial charge is 0.378 e. The minimum atomic E-state index is -4.02. The van der Waals surface area contributed by atoms with Gasteiger partial charge in [-0.3, -0.25) is 9.59 Å². The molecular weight excluding hydrogens is 600 g/mol. The summed E-state index contributed by atoms with van der Waals surface area (Å²) in [5.41, 5.74) is 2.43. The first-order chi connectivity index (χ1) is 17.5. The molecule has 1 heterocycles. The van der Waals surface area contributed by atoms with Gasteiger partial charge in [0.05, 0.1) is 3.79 Å². The second kappa shape index (κ2) is 12.9. The molecule has 3 aromatic rings. The number of anilines is 1. The number of nitrogens with one attached hydrogen (secondary N) is 3. The van der Waals surface area contributed by atoms with Crippen LogP contribution in [-0.2, 0) is 32.5 Å². The summed E-state index contributed by atoms with van der Waals surface area (Å²) < 4.78 is 29.3. The lowest BCUT2D eigenvalue weighted by molar-refractivity contribution is -0.129. The number of halogens is 2. The number of hydrogen-bond donors (Lipinski definition) is 3. The van der Waals surface area contributed by atoms with E-state index in [0.717, 1.165) is 22.6 Å². The number of amides is 2. The number of thiophene rings is 1. The highest BCUT2D eigenvalue weighted by atomic mass is 79.9. The van der Waals surface area contributed by atoms with Crippen LogP contribution in [0.4, 0.5) is 5.69 Å². The predicted molar refractivity (Wildman–Crippen MR) is 152 cm³/mol. The van der Waals surface area contributed by atoms with Crippen molar-refractivity contribution in [3.8, 4) is 0 Å². The number of rotatable bonds is 11. The Bertz CT molecular complexity index is 1350. The van der Waals surface area contributed by atoms with E-state index in [0.29, 0.717) is 14.4 Å². The van der Waals surface area contributed by atoms with E-state index in [1.807, 2.05) is 43.3 Å². The summed E-state index contributed by atoms with van der Waals surface area (Å²) in [5.74, 6) is -1.04. The molecule has 0 aliphatic heterocycles. The summed E-state index contributed by atoms with van der Waals surface area (Å²) in [5, 5.41) is 5.71. The Labute approximate surface area is 234 Å². The van der Waals surface area contributed by atoms with Gasteiger partial charge in [0.1, 0.15) is 16.3 Å². The third-order valence-electron chi connectivity index (χ3n) is 5.58. The van der Waals surface area contributed by atoms with Crippen molar-refractivity contribution in [1.82, 2.24) is 15.4 Å². The Kier molecular flexibility index (Phi) is 10.1. The van der Waals surface area contributed by atoms with E-state index in [1.165, 1.54) is 13.1 Å². The second-order valence-corrected chi connectivity index (χ2v) is 13.3. The third-order valence-corrected chi connectivity index (χ3v) is 9.54. The lowest BCUT2D eigenvalue weighted by atomic mass is 10.0. The number of hydrogen-bond acceptors (Lipinski definition) is 6. The van der Waals surface area contributed by atoms with Gasteiger partial charge in [-0.1, -0.05) is 41.9 Å². The van der Waals surface area contributed by atoms with Crippen LogP contribution in [0.25, 0.3) is 0 Å². The molecule has 0 saturated heterocycles. The number of nitrogens with zero attached hydrogens (tertiary/aromatic N) is 1. The summed E-state index contributed by atoms with van der Waals surface area (Å²) in [7, 11) is 1.32. The highest BCUT2D eigenvalue weighted by Gasteiger charge is 2.30. The maximum atomic E-state index is 13.5. The van der Waals surface area contributed by atoms with Crippen LogP contribution in [0.15, 0.2) is 68.7 Å². The van der Waals surface area contributed by atoms with Crippen LogP contribution in [0, 0.1) is 0 Å². The number of benzene rings is 2. The van der Waals surface area contributed by atoms with E-state index in [1.54, 1.807) is 30.3 Å². The zero-order valence-corrected chi connectivity index (χ0v) is 24.5. The van der Waals surface area contributed by atoms with Crippen molar-refractivity contribution in [2.24, 2.45) is 0 Å². The minimum absolute atomic E-state index is 0.00469. The average Bonchev–Trinajstić information content (AvgIpc) is 3.31. The summed E-state index contributed by atoms with van der Waals surface area (Å²) in [6.07, 6.45) is 0.220. The molecule has 0 spiro atoms. The SMILES string of the molecule is CNC(=O)[C@@H](Cc1ccc(N(C)C)cc1)NC(=O)[C@H](Cc1ccccc1Cl)NS(=O)(=O)c1ccc(Br)s1. The molecule has 0 radical (unpaired) electrons. The minimum Gasteiger partial charge on any atom is -0.378 e. The highest BCUT2D eigenvalue weighted by Crippen LogP contribution is 2.26. The van der Waals surface area contributed by atoms with Crippen LogP contribution in [0.3, 0.4) is 0 Å². The van der Waals surface area contributed by atoms with Gasteiger partial charge in [0.25, 0.3) is 10.0 Å². The van der Waals surface area contributed by atoms with Crippen LogP contribution in [0.5, 0.6) is 0 Å². The van der Waals surface area contributed by atoms with Crippen molar-refractivity contribution in [2.75, 3.05) is 26.0 Å². The number of carbonyl (C=O) groups is 2. The van der Waals surface area contributed by atoms with Gasteiger partial charge in [-0.05, 0) is 63.8 Å². The molecule has 37 heavy (non-hydrogen) atoms. The average molecular weight is 628 g/mol. The normalized spacial score (nSPS) is 13.0. The topological polar surface area (TPSA) is 108 Å². The molecule has 0 bridgehead atoms. The van der Waals surface area contributed by atoms with Crippen molar-refractivity contribution >= 4 is 66.4 Å². The molecule has 3 rings (SSSR count). The maximum Gasteiger partial charge on any atom is 0.250 e. The van der Waals surface area contributed by atoms with Crippen molar-refractivity contribution in [3.05, 3.63) is 80.6 Å². The molecule has 1 aromatic heterocycles. The zero-order valence-electron chi connectivity index (χ0n) is 20.5. The molecule has 0 aliphatic carbocycles. The van der Waals surface area contributed by atoms with Crippen molar-refractivity contribution in [1.29, 1.82) is 0 Å². The van der Waals surface area contributed by atoms with Gasteiger partial charge >= 0.3 is 0 Å². The monoisotopic (exact) mass is 626 g/mol. The Morgan fingerprint density at radius 1 is 0.973 bits per heavy atom. The summed E-state index contributed by atoms with van der Waals surface area (Å²) in [4.78, 5) is 28.1. The van der Waals surface area contributed by atoms with Crippen molar-refractivity contribution in [3.63, 3.8) is 0 Å². The van der Waals surface area contributed by atoms with E-state index < -0.39 is 33.9 Å². The smallest absolute Gasteiger partial charge is 0.250 e. The number of sulfonamides is 1. The Hall–Kier alpha value is -2.44. The molecule has 0 fully saturated rings. The molecule has 0 aliphatic rings. The van der Waals surface area contributed by atoms with Gasteiger partial charge < -0.3 is 15.5 Å². The molecular formula is C25H28BrClN4O4S2. The number of likely N-dealkylation sites (N-methyl/N-ethyl adjacent to an activating group) is 1. The molecule has 3 N–H and O–H groups in total. The fraction of sp³-hybridized carbons (Fsp3) is 0.280. The van der Waals surface area contributed by atoms with Gasteiger partial charge in [-0.2, -0.15) is 4.72 Å². The molecule has 0 saturated carbocycles. The molecule has 2 atom stereocenters. The first kappa shape index (κ1) is 29.1. The van der Waals surface area contributed by atoms with Crippen LogP contribution in [-0.4, -0.2) is 53.5 Å². The predicted octanol–water partition coefficient (Wildman–Crippen LogP) is 3.59. The van der Waals surface area contributed by atoms with E-state index in [4.69, 9.17) is 11.6 Å². The van der Waals surface area contributed by atoms with Crippen LogP contribution >= 0.6 is 38.9 Å². The van der Waals surface area contributed by atoms with Gasteiger partial charge in [0.2, 0.25) is 11.8 Å². The Balaban J connectivity index is 1.86. The zero-order chi connectivity index (χ0) is 27.2. The fourth-order valence-corrected chi connectivity index (χ4v) is 7.02. The summed E-state index contributed by atoms with van der Waals surface area (Å²) in [6.45, 7) is 0. The van der Waals surface area contributed by atoms with E-state index in [-0.39, 0.29) is 17.1 Å². The maximum absolute atomic E-state index is 13.5. The third kappa shape index (κ3) is 8.02. The van der Waals surface area contributed by atoms with Crippen LogP contribution in [0.1, 0.15) is 11.1 Å². The first-order valence-electron chi connectivity index (χ1n) is 11.3. The fourth-order valence-electron chi connectivity index (χ4n) is 3.58. The molecule has 8 nitrogen and oxygen atoms in total. The molecule has 0 unspecified atom stereocenters. The first-order valence-corrected chi connectivity index (χ1v) is 14.8. The standard InChI is InChI=1S/C25H28BrClN4O4S2/c1-28-24(32)20(14-16-8-10-18(11-9-16)31(2)3)29-25(33)21(15-17-6-4-5-7-19(17)27)30-37(34,35)23-13-12-22(26)36-23/h4-13,20-21,30H,14-15H2,1-3H3,(H,28,32)(H,29,33)/t20-,21+/m1/s1. The Morgan fingerprint density at radius 3 is 2.22 bits per heavy atom. The van der Waals surface area contributed by atoms with E-state index in [9.17, 15) is 18.0 Å². The number of carbonyl (C=O) groups excluding carboxylic acids is 2. The molecule has 12 heteroatoms. The van der Waals surface area contributed by atoms with E-state index in [2.05, 4.69) is 31.3 Å². The van der Waals surface area contributed by atoms with Gasteiger partial charge in [-0.15, -0.1) is 11.3 Å².